The first kappa shape index (κ1) is 20.7. The number of halogens is 2. The number of nitrogens with zero attached hydrogens (tertiary/aromatic N) is 6. The van der Waals surface area contributed by atoms with Crippen LogP contribution >= 0.6 is 0 Å². The molecule has 8 nitrogen and oxygen atoms in total. The Labute approximate surface area is 184 Å². The number of carbonyl (C=O) groups is 1. The van der Waals surface area contributed by atoms with Crippen LogP contribution in [0.3, 0.4) is 0 Å². The van der Waals surface area contributed by atoms with Crippen molar-refractivity contribution in [2.75, 3.05) is 24.5 Å². The molecule has 1 amide bonds. The molecular formula is C22H25F2N7O. The number of likely N-dealkylation sites (N-methyl/N-ethyl adjacent to an activating group) is 1. The highest BCUT2D eigenvalue weighted by molar-refractivity contribution is 5.92. The lowest BCUT2D eigenvalue weighted by atomic mass is 9.87. The molecule has 0 spiro atoms. The minimum absolute atomic E-state index is 0.0176. The lowest BCUT2D eigenvalue weighted by molar-refractivity contribution is -0.117. The van der Waals surface area contributed by atoms with Crippen molar-refractivity contribution in [1.82, 2.24) is 24.6 Å². The van der Waals surface area contributed by atoms with E-state index in [0.29, 0.717) is 23.3 Å². The number of anilines is 1. The summed E-state index contributed by atoms with van der Waals surface area (Å²) in [4.78, 5) is 24.7. The Morgan fingerprint density at radius 2 is 2.03 bits per heavy atom. The number of piperazine rings is 1. The molecule has 0 aliphatic carbocycles. The van der Waals surface area contributed by atoms with E-state index in [1.165, 1.54) is 12.5 Å². The molecule has 2 bridgehead atoms. The van der Waals surface area contributed by atoms with E-state index in [1.54, 1.807) is 29.1 Å². The molecule has 6 rings (SSSR count). The molecule has 0 saturated carbocycles. The van der Waals surface area contributed by atoms with Crippen LogP contribution in [0.15, 0.2) is 30.5 Å². The molecule has 3 aromatic rings. The van der Waals surface area contributed by atoms with Crippen LogP contribution in [-0.4, -0.2) is 62.3 Å². The van der Waals surface area contributed by atoms with Crippen molar-refractivity contribution >= 4 is 22.6 Å². The molecular weight excluding hydrogens is 416 g/mol. The van der Waals surface area contributed by atoms with E-state index >= 15 is 0 Å². The van der Waals surface area contributed by atoms with Crippen molar-refractivity contribution in [2.45, 2.75) is 44.7 Å². The van der Waals surface area contributed by atoms with Crippen molar-refractivity contribution < 1.29 is 13.6 Å². The van der Waals surface area contributed by atoms with Gasteiger partial charge in [-0.15, -0.1) is 5.10 Å². The van der Waals surface area contributed by atoms with Crippen molar-refractivity contribution in [3.05, 3.63) is 41.9 Å². The van der Waals surface area contributed by atoms with Crippen LogP contribution < -0.4 is 10.6 Å². The standard InChI is InChI=1S/C22H25F2N7O/c1-3-30-14-9-15(30)12-29(11-14)21-16-10-26-13(8-19(25)32)7-17(16)31(28-21)20-6-4-5-18(27-20)22(2,23)24/h4-7,10,14-15H,3,8-9,11-12H2,1-2H3,(H2,25,32). The number of rotatable bonds is 6. The van der Waals surface area contributed by atoms with Gasteiger partial charge >= 0.3 is 0 Å². The zero-order valence-corrected chi connectivity index (χ0v) is 18.0. The highest BCUT2D eigenvalue weighted by Gasteiger charge is 2.44. The van der Waals surface area contributed by atoms with E-state index in [4.69, 9.17) is 10.8 Å². The quantitative estimate of drug-likeness (QED) is 0.631. The Balaban J connectivity index is 1.61. The summed E-state index contributed by atoms with van der Waals surface area (Å²) in [6, 6.07) is 7.20. The first-order valence-electron chi connectivity index (χ1n) is 10.8. The van der Waals surface area contributed by atoms with Gasteiger partial charge in [-0.3, -0.25) is 14.7 Å². The average Bonchev–Trinajstić information content (AvgIpc) is 3.12. The second-order valence-corrected chi connectivity index (χ2v) is 8.62. The predicted molar refractivity (Wildman–Crippen MR) is 116 cm³/mol. The first-order chi connectivity index (χ1) is 15.2. The molecule has 3 saturated heterocycles. The second-order valence-electron chi connectivity index (χ2n) is 8.62. The van der Waals surface area contributed by atoms with Crippen molar-refractivity contribution in [2.24, 2.45) is 5.73 Å². The monoisotopic (exact) mass is 441 g/mol. The van der Waals surface area contributed by atoms with E-state index in [-0.39, 0.29) is 17.9 Å². The minimum atomic E-state index is -3.07. The Hall–Kier alpha value is -3.14. The number of aromatic nitrogens is 4. The molecule has 168 valence electrons. The van der Waals surface area contributed by atoms with Gasteiger partial charge in [-0.1, -0.05) is 13.0 Å². The average molecular weight is 441 g/mol. The Bertz CT molecular complexity index is 1180. The Kier molecular flexibility index (Phi) is 4.85. The molecule has 3 aliphatic rings. The van der Waals surface area contributed by atoms with Gasteiger partial charge < -0.3 is 10.6 Å². The van der Waals surface area contributed by atoms with Crippen LogP contribution in [0.1, 0.15) is 31.7 Å². The lowest BCUT2D eigenvalue weighted by Crippen LogP contribution is -2.68. The first-order valence-corrected chi connectivity index (χ1v) is 10.8. The number of primary amides is 1. The van der Waals surface area contributed by atoms with Crippen LogP contribution in [0, 0.1) is 0 Å². The van der Waals surface area contributed by atoms with E-state index in [9.17, 15) is 13.6 Å². The number of carbonyl (C=O) groups excluding carboxylic acids is 1. The van der Waals surface area contributed by atoms with Gasteiger partial charge in [0.1, 0.15) is 5.69 Å². The summed E-state index contributed by atoms with van der Waals surface area (Å²) in [5, 5.41) is 5.58. The molecule has 0 radical (unpaired) electrons. The van der Waals surface area contributed by atoms with E-state index in [0.717, 1.165) is 37.8 Å². The third-order valence-corrected chi connectivity index (χ3v) is 6.37. The van der Waals surface area contributed by atoms with Gasteiger partial charge in [0.15, 0.2) is 11.6 Å². The Morgan fingerprint density at radius 1 is 1.28 bits per heavy atom. The van der Waals surface area contributed by atoms with Gasteiger partial charge in [0.2, 0.25) is 5.91 Å². The second kappa shape index (κ2) is 7.47. The normalized spacial score (nSPS) is 21.1. The largest absolute Gasteiger partial charge is 0.369 e. The van der Waals surface area contributed by atoms with Gasteiger partial charge in [-0.25, -0.2) is 9.67 Å². The zero-order chi connectivity index (χ0) is 22.6. The number of amides is 1. The van der Waals surface area contributed by atoms with Gasteiger partial charge in [-0.2, -0.15) is 8.78 Å². The summed E-state index contributed by atoms with van der Waals surface area (Å²) in [5.41, 5.74) is 6.16. The van der Waals surface area contributed by atoms with Crippen molar-refractivity contribution in [3.63, 3.8) is 0 Å². The molecule has 2 unspecified atom stereocenters. The number of fused-ring (bicyclic) bond motifs is 3. The molecule has 10 heteroatoms. The van der Waals surface area contributed by atoms with E-state index in [2.05, 4.69) is 26.7 Å². The molecule has 3 aromatic heterocycles. The fourth-order valence-electron chi connectivity index (χ4n) is 4.88. The zero-order valence-electron chi connectivity index (χ0n) is 18.0. The highest BCUT2D eigenvalue weighted by atomic mass is 19.3. The molecule has 3 fully saturated rings. The number of piperidine rings is 1. The van der Waals surface area contributed by atoms with Crippen molar-refractivity contribution in [3.8, 4) is 5.82 Å². The lowest BCUT2D eigenvalue weighted by Gasteiger charge is -2.56. The fraction of sp³-hybridized carbons (Fsp3) is 0.455. The van der Waals surface area contributed by atoms with Crippen LogP contribution in [0.5, 0.6) is 0 Å². The summed E-state index contributed by atoms with van der Waals surface area (Å²) in [5.74, 6) is -2.53. The summed E-state index contributed by atoms with van der Waals surface area (Å²) in [6.45, 7) is 5.71. The third-order valence-electron chi connectivity index (χ3n) is 6.37. The maximum absolute atomic E-state index is 13.9. The van der Waals surface area contributed by atoms with E-state index in [1.807, 2.05) is 0 Å². The third kappa shape index (κ3) is 3.48. The van der Waals surface area contributed by atoms with Crippen LogP contribution in [0.4, 0.5) is 14.6 Å². The molecule has 3 aliphatic heterocycles. The number of hydrogen-bond donors (Lipinski definition) is 1. The van der Waals surface area contributed by atoms with Crippen molar-refractivity contribution in [1.29, 1.82) is 0 Å². The smallest absolute Gasteiger partial charge is 0.287 e. The van der Waals surface area contributed by atoms with Crippen LogP contribution in [0.2, 0.25) is 0 Å². The SMILES string of the molecule is CCN1C2CC1CN(c1nn(-c3cccc(C(C)(F)F)n3)c3cc(CC(N)=O)ncc13)C2. The highest BCUT2D eigenvalue weighted by Crippen LogP contribution is 2.37. The summed E-state index contributed by atoms with van der Waals surface area (Å²) < 4.78 is 29.4. The molecule has 2 atom stereocenters. The molecule has 32 heavy (non-hydrogen) atoms. The van der Waals surface area contributed by atoms with Gasteiger partial charge in [0.05, 0.1) is 23.0 Å². The van der Waals surface area contributed by atoms with Gasteiger partial charge in [0, 0.05) is 38.3 Å². The number of hydrogen-bond acceptors (Lipinski definition) is 6. The van der Waals surface area contributed by atoms with Gasteiger partial charge in [0.25, 0.3) is 5.92 Å². The number of nitrogens with two attached hydrogens (primary N) is 1. The molecule has 2 N–H and O–H groups in total. The summed E-state index contributed by atoms with van der Waals surface area (Å²) in [7, 11) is 0. The summed E-state index contributed by atoms with van der Waals surface area (Å²) in [6.07, 6.45) is 2.85. The van der Waals surface area contributed by atoms with Crippen LogP contribution in [-0.2, 0) is 17.1 Å². The van der Waals surface area contributed by atoms with Gasteiger partial charge in [-0.05, 0) is 31.2 Å². The maximum Gasteiger partial charge on any atom is 0.287 e. The molecule has 6 heterocycles. The van der Waals surface area contributed by atoms with Crippen LogP contribution in [0.25, 0.3) is 16.7 Å². The topological polar surface area (TPSA) is 93.2 Å². The summed E-state index contributed by atoms with van der Waals surface area (Å²) >= 11 is 0. The Morgan fingerprint density at radius 3 is 2.69 bits per heavy atom. The fourth-order valence-corrected chi connectivity index (χ4v) is 4.88. The molecule has 0 aromatic carbocycles. The maximum atomic E-state index is 13.9. The minimum Gasteiger partial charge on any atom is -0.369 e. The number of alkyl halides is 2. The predicted octanol–water partition coefficient (Wildman–Crippen LogP) is 2.24. The van der Waals surface area contributed by atoms with E-state index < -0.39 is 11.8 Å². The number of pyridine rings is 2.